The first-order chi connectivity index (χ1) is 5.38. The van der Waals surface area contributed by atoms with E-state index < -0.39 is 0 Å². The molecule has 0 saturated heterocycles. The Morgan fingerprint density at radius 2 is 2.17 bits per heavy atom. The van der Waals surface area contributed by atoms with Gasteiger partial charge in [0.05, 0.1) is 6.42 Å². The lowest BCUT2D eigenvalue weighted by atomic mass is 10.4. The van der Waals surface area contributed by atoms with Crippen LogP contribution in [0.3, 0.4) is 0 Å². The number of allylic oxidation sites excluding steroid dienone is 2. The van der Waals surface area contributed by atoms with Gasteiger partial charge < -0.3 is 17.0 Å². The highest BCUT2D eigenvalue weighted by molar-refractivity contribution is 4.86. The van der Waals surface area contributed by atoms with E-state index in [4.69, 9.17) is 0 Å². The molecule has 1 aromatic heterocycles. The van der Waals surface area contributed by atoms with Crippen molar-refractivity contribution in [3.05, 3.63) is 43.5 Å². The predicted molar refractivity (Wildman–Crippen MR) is 45.1 cm³/mol. The summed E-state index contributed by atoms with van der Waals surface area (Å²) < 4.78 is 2.11. The number of H-pyrrole nitrogens is 1. The molecular formula is C9H13BrN2. The molecule has 1 aromatic rings. The molecule has 66 valence electrons. The number of imidazole rings is 1. The van der Waals surface area contributed by atoms with Crippen LogP contribution in [0.2, 0.25) is 0 Å². The summed E-state index contributed by atoms with van der Waals surface area (Å²) in [4.78, 5) is 3.14. The average molecular weight is 229 g/mol. The second-order valence-corrected chi connectivity index (χ2v) is 2.34. The van der Waals surface area contributed by atoms with Gasteiger partial charge in [0.1, 0.15) is 18.9 Å². The molecule has 0 unspecified atom stereocenters. The number of aromatic nitrogens is 2. The molecule has 0 spiro atoms. The van der Waals surface area contributed by atoms with Crippen molar-refractivity contribution in [1.82, 2.24) is 4.98 Å². The predicted octanol–water partition coefficient (Wildman–Crippen LogP) is -1.78. The van der Waals surface area contributed by atoms with Crippen LogP contribution in [0.1, 0.15) is 5.82 Å². The molecule has 0 aliphatic heterocycles. The van der Waals surface area contributed by atoms with E-state index in [2.05, 4.69) is 22.7 Å². The summed E-state index contributed by atoms with van der Waals surface area (Å²) in [7, 11) is 0. The van der Waals surface area contributed by atoms with Crippen LogP contribution in [-0.4, -0.2) is 4.98 Å². The average Bonchev–Trinajstić information content (AvgIpc) is 2.39. The maximum absolute atomic E-state index is 3.68. The van der Waals surface area contributed by atoms with Crippen LogP contribution in [0.15, 0.2) is 37.7 Å². The minimum Gasteiger partial charge on any atom is -1.00 e. The van der Waals surface area contributed by atoms with Crippen molar-refractivity contribution in [2.75, 3.05) is 0 Å². The Hall–Kier alpha value is -0.830. The fourth-order valence-corrected chi connectivity index (χ4v) is 1.02. The molecule has 1 rings (SSSR count). The second kappa shape index (κ2) is 5.77. The van der Waals surface area contributed by atoms with Crippen molar-refractivity contribution < 1.29 is 21.5 Å². The summed E-state index contributed by atoms with van der Waals surface area (Å²) in [6.45, 7) is 8.21. The van der Waals surface area contributed by atoms with E-state index in [1.54, 1.807) is 0 Å². The van der Waals surface area contributed by atoms with E-state index >= 15 is 0 Å². The Morgan fingerprint density at radius 3 is 2.75 bits per heavy atom. The summed E-state index contributed by atoms with van der Waals surface area (Å²) in [5.74, 6) is 1.17. The highest BCUT2D eigenvalue weighted by Crippen LogP contribution is 1.88. The molecule has 0 saturated carbocycles. The lowest BCUT2D eigenvalue weighted by Crippen LogP contribution is -3.00. The molecule has 0 atom stereocenters. The summed E-state index contributed by atoms with van der Waals surface area (Å²) in [5.41, 5.74) is 0. The molecule has 0 radical (unpaired) electrons. The Bertz CT molecular complexity index is 228. The van der Waals surface area contributed by atoms with E-state index in [0.717, 1.165) is 13.0 Å². The normalized spacial score (nSPS) is 8.67. The lowest BCUT2D eigenvalue weighted by Gasteiger charge is -1.92. The third kappa shape index (κ3) is 2.66. The maximum Gasteiger partial charge on any atom is 0.258 e. The van der Waals surface area contributed by atoms with Crippen molar-refractivity contribution in [2.45, 2.75) is 13.0 Å². The number of halogens is 1. The van der Waals surface area contributed by atoms with Crippen molar-refractivity contribution in [2.24, 2.45) is 0 Å². The fourth-order valence-electron chi connectivity index (χ4n) is 1.02. The van der Waals surface area contributed by atoms with Crippen molar-refractivity contribution >= 4 is 0 Å². The summed E-state index contributed by atoms with van der Waals surface area (Å²) in [6, 6.07) is 0. The second-order valence-electron chi connectivity index (χ2n) is 2.34. The first kappa shape index (κ1) is 11.2. The molecule has 0 fully saturated rings. The molecule has 1 heterocycles. The number of nitrogens with one attached hydrogen (secondary N) is 1. The third-order valence-electron chi connectivity index (χ3n) is 1.51. The first-order valence-corrected chi connectivity index (χ1v) is 3.66. The topological polar surface area (TPSA) is 19.7 Å². The van der Waals surface area contributed by atoms with Crippen LogP contribution in [0.5, 0.6) is 0 Å². The van der Waals surface area contributed by atoms with E-state index in [-0.39, 0.29) is 17.0 Å². The van der Waals surface area contributed by atoms with E-state index in [0.29, 0.717) is 0 Å². The maximum atomic E-state index is 3.68. The van der Waals surface area contributed by atoms with E-state index in [1.165, 1.54) is 5.82 Å². The van der Waals surface area contributed by atoms with Gasteiger partial charge in [-0.3, -0.25) is 0 Å². The number of hydrogen-bond acceptors (Lipinski definition) is 0. The van der Waals surface area contributed by atoms with Gasteiger partial charge in [-0.2, -0.15) is 0 Å². The largest absolute Gasteiger partial charge is 1.00 e. The Kier molecular flexibility index (Phi) is 5.37. The van der Waals surface area contributed by atoms with Gasteiger partial charge in [0.25, 0.3) is 5.82 Å². The quantitative estimate of drug-likeness (QED) is 0.465. The third-order valence-corrected chi connectivity index (χ3v) is 1.51. The highest BCUT2D eigenvalue weighted by atomic mass is 79.9. The minimum absolute atomic E-state index is 0. The Balaban J connectivity index is 0.00000121. The van der Waals surface area contributed by atoms with Gasteiger partial charge in [-0.05, 0) is 0 Å². The molecule has 0 aliphatic carbocycles. The number of aromatic amines is 1. The van der Waals surface area contributed by atoms with Crippen molar-refractivity contribution in [1.29, 1.82) is 0 Å². The van der Waals surface area contributed by atoms with Crippen molar-refractivity contribution in [3.63, 3.8) is 0 Å². The zero-order valence-corrected chi connectivity index (χ0v) is 8.55. The van der Waals surface area contributed by atoms with Gasteiger partial charge in [0.15, 0.2) is 0 Å². The van der Waals surface area contributed by atoms with Crippen LogP contribution in [-0.2, 0) is 13.0 Å². The van der Waals surface area contributed by atoms with E-state index in [9.17, 15) is 0 Å². The van der Waals surface area contributed by atoms with Gasteiger partial charge in [0.2, 0.25) is 0 Å². The highest BCUT2D eigenvalue weighted by Gasteiger charge is 2.04. The number of nitrogens with zero attached hydrogens (tertiary/aromatic N) is 1. The summed E-state index contributed by atoms with van der Waals surface area (Å²) >= 11 is 0. The molecule has 0 aromatic carbocycles. The molecule has 0 amide bonds. The molecule has 0 bridgehead atoms. The molecular weight excluding hydrogens is 216 g/mol. The van der Waals surface area contributed by atoms with Crippen LogP contribution in [0, 0.1) is 0 Å². The number of hydrogen-bond donors (Lipinski definition) is 1. The van der Waals surface area contributed by atoms with Crippen LogP contribution < -0.4 is 21.5 Å². The standard InChI is InChI=1S/C9H12N2.BrH/c1-3-5-9-10-6-8-11(9)7-4-2;/h3-4,6,8H,1-2,5,7H2;1H. The molecule has 2 nitrogen and oxygen atoms in total. The zero-order valence-electron chi connectivity index (χ0n) is 6.96. The monoisotopic (exact) mass is 228 g/mol. The van der Waals surface area contributed by atoms with Crippen molar-refractivity contribution in [3.8, 4) is 0 Å². The van der Waals surface area contributed by atoms with Crippen LogP contribution in [0.25, 0.3) is 0 Å². The van der Waals surface area contributed by atoms with Gasteiger partial charge in [-0.15, -0.1) is 6.58 Å². The molecule has 1 N–H and O–H groups in total. The van der Waals surface area contributed by atoms with Gasteiger partial charge in [-0.1, -0.05) is 18.7 Å². The SMILES string of the molecule is C=CCc1[nH]cc[n+]1CC=C.[Br-]. The minimum atomic E-state index is 0. The summed E-state index contributed by atoms with van der Waals surface area (Å²) in [5, 5.41) is 0. The fraction of sp³-hybridized carbons (Fsp3) is 0.222. The van der Waals surface area contributed by atoms with Gasteiger partial charge in [-0.25, -0.2) is 9.55 Å². The Labute approximate surface area is 83.4 Å². The van der Waals surface area contributed by atoms with Crippen LogP contribution >= 0.6 is 0 Å². The van der Waals surface area contributed by atoms with Gasteiger partial charge >= 0.3 is 0 Å². The zero-order chi connectivity index (χ0) is 8.10. The van der Waals surface area contributed by atoms with Crippen LogP contribution in [0.4, 0.5) is 0 Å². The number of rotatable bonds is 4. The molecule has 0 aliphatic rings. The molecule has 12 heavy (non-hydrogen) atoms. The van der Waals surface area contributed by atoms with Gasteiger partial charge in [0, 0.05) is 0 Å². The lowest BCUT2D eigenvalue weighted by molar-refractivity contribution is -0.692. The smallest absolute Gasteiger partial charge is 0.258 e. The first-order valence-electron chi connectivity index (χ1n) is 3.66. The molecule has 3 heteroatoms. The van der Waals surface area contributed by atoms with E-state index in [1.807, 2.05) is 24.5 Å². The Morgan fingerprint density at radius 1 is 1.42 bits per heavy atom. The summed E-state index contributed by atoms with van der Waals surface area (Å²) in [6.07, 6.45) is 8.55.